The number of rotatable bonds is 4. The van der Waals surface area contributed by atoms with Gasteiger partial charge in [-0.15, -0.1) is 0 Å². The molecule has 0 saturated carbocycles. The van der Waals surface area contributed by atoms with Crippen molar-refractivity contribution >= 4 is 12.2 Å². The number of hydrogen-bond acceptors (Lipinski definition) is 3. The van der Waals surface area contributed by atoms with E-state index in [0.29, 0.717) is 11.3 Å². The van der Waals surface area contributed by atoms with Crippen molar-refractivity contribution in [3.63, 3.8) is 0 Å². The van der Waals surface area contributed by atoms with Gasteiger partial charge in [0.15, 0.2) is 4.77 Å². The van der Waals surface area contributed by atoms with Crippen LogP contribution in [0, 0.1) is 4.77 Å². The van der Waals surface area contributed by atoms with Crippen LogP contribution < -0.4 is 5.56 Å². The van der Waals surface area contributed by atoms with Crippen molar-refractivity contribution in [3.05, 3.63) is 26.9 Å². The lowest BCUT2D eigenvalue weighted by Crippen LogP contribution is -2.26. The third kappa shape index (κ3) is 2.78. The molecule has 0 unspecified atom stereocenters. The second kappa shape index (κ2) is 5.07. The molecule has 1 rings (SSSR count). The van der Waals surface area contributed by atoms with Crippen LogP contribution in [0.4, 0.5) is 0 Å². The molecule has 0 radical (unpaired) electrons. The fourth-order valence-corrected chi connectivity index (χ4v) is 1.39. The number of hydrogen-bond donors (Lipinski definition) is 2. The molecule has 14 heavy (non-hydrogen) atoms. The van der Waals surface area contributed by atoms with Crippen LogP contribution in [0.25, 0.3) is 0 Å². The zero-order chi connectivity index (χ0) is 10.6. The summed E-state index contributed by atoms with van der Waals surface area (Å²) in [7, 11) is 0. The molecule has 0 aromatic carbocycles. The first-order chi connectivity index (χ1) is 6.67. The summed E-state index contributed by atoms with van der Waals surface area (Å²) in [5.74, 6) is 0. The van der Waals surface area contributed by atoms with Gasteiger partial charge >= 0.3 is 0 Å². The summed E-state index contributed by atoms with van der Waals surface area (Å²) in [4.78, 5) is 19.0. The molecule has 0 fully saturated rings. The highest BCUT2D eigenvalue weighted by Gasteiger charge is 2.04. The highest BCUT2D eigenvalue weighted by atomic mass is 32.1. The minimum absolute atomic E-state index is 0.0966. The maximum absolute atomic E-state index is 11.4. The Morgan fingerprint density at radius 1 is 1.43 bits per heavy atom. The first kappa shape index (κ1) is 11.1. The quantitative estimate of drug-likeness (QED) is 0.741. The lowest BCUT2D eigenvalue weighted by atomic mass is 10.3. The Labute approximate surface area is 88.0 Å². The van der Waals surface area contributed by atoms with E-state index in [1.54, 1.807) is 6.20 Å². The van der Waals surface area contributed by atoms with Gasteiger partial charge in [0.1, 0.15) is 0 Å². The molecule has 1 aromatic heterocycles. The zero-order valence-electron chi connectivity index (χ0n) is 8.46. The molecule has 1 aromatic rings. The van der Waals surface area contributed by atoms with Gasteiger partial charge in [0, 0.05) is 18.3 Å². The van der Waals surface area contributed by atoms with E-state index in [2.05, 4.69) is 28.7 Å². The molecule has 0 spiro atoms. The predicted molar refractivity (Wildman–Crippen MR) is 58.9 cm³/mol. The summed E-state index contributed by atoms with van der Waals surface area (Å²) in [6, 6.07) is 0. The van der Waals surface area contributed by atoms with Crippen molar-refractivity contribution in [1.82, 2.24) is 14.9 Å². The van der Waals surface area contributed by atoms with Crippen molar-refractivity contribution in [2.75, 3.05) is 13.1 Å². The van der Waals surface area contributed by atoms with E-state index in [4.69, 9.17) is 12.2 Å². The minimum atomic E-state index is -0.0966. The lowest BCUT2D eigenvalue weighted by Gasteiger charge is -2.16. The summed E-state index contributed by atoms with van der Waals surface area (Å²) in [6.45, 7) is 6.68. The fourth-order valence-electron chi connectivity index (χ4n) is 1.24. The molecule has 0 amide bonds. The van der Waals surface area contributed by atoms with E-state index in [-0.39, 0.29) is 5.56 Å². The molecule has 0 atom stereocenters. The Balaban J connectivity index is 2.86. The molecule has 0 saturated heterocycles. The van der Waals surface area contributed by atoms with Gasteiger partial charge in [-0.3, -0.25) is 14.7 Å². The van der Waals surface area contributed by atoms with Gasteiger partial charge in [-0.1, -0.05) is 13.8 Å². The summed E-state index contributed by atoms with van der Waals surface area (Å²) in [5, 5.41) is 0. The fraction of sp³-hybridized carbons (Fsp3) is 0.556. The molecule has 4 nitrogen and oxygen atoms in total. The molecule has 0 bridgehead atoms. The Kier molecular flexibility index (Phi) is 4.03. The topological polar surface area (TPSA) is 51.9 Å². The smallest absolute Gasteiger partial charge is 0.256 e. The van der Waals surface area contributed by atoms with Crippen molar-refractivity contribution in [1.29, 1.82) is 0 Å². The Morgan fingerprint density at radius 2 is 2.07 bits per heavy atom. The maximum atomic E-state index is 11.4. The van der Waals surface area contributed by atoms with Gasteiger partial charge in [0.25, 0.3) is 5.56 Å². The standard InChI is InChI=1S/C9H15N3OS/c1-3-12(4-2)6-7-5-10-9(14)11-8(7)13/h5H,3-4,6H2,1-2H3,(H2,10,11,13,14). The van der Waals surface area contributed by atoms with Crippen LogP contribution >= 0.6 is 12.2 Å². The molecule has 78 valence electrons. The molecule has 0 aliphatic carbocycles. The maximum Gasteiger partial charge on any atom is 0.256 e. The Bertz CT molecular complexity index is 392. The lowest BCUT2D eigenvalue weighted by molar-refractivity contribution is 0.294. The number of aromatic amines is 2. The number of H-pyrrole nitrogens is 2. The van der Waals surface area contributed by atoms with E-state index < -0.39 is 0 Å². The molecule has 2 N–H and O–H groups in total. The van der Waals surface area contributed by atoms with E-state index in [0.717, 1.165) is 18.7 Å². The summed E-state index contributed by atoms with van der Waals surface area (Å²) >= 11 is 4.80. The number of nitrogens with zero attached hydrogens (tertiary/aromatic N) is 1. The van der Waals surface area contributed by atoms with Gasteiger partial charge in [-0.25, -0.2) is 0 Å². The second-order valence-corrected chi connectivity index (χ2v) is 3.47. The second-order valence-electron chi connectivity index (χ2n) is 3.06. The van der Waals surface area contributed by atoms with E-state index in [9.17, 15) is 4.79 Å². The van der Waals surface area contributed by atoms with Crippen molar-refractivity contribution in [2.24, 2.45) is 0 Å². The third-order valence-electron chi connectivity index (χ3n) is 2.18. The van der Waals surface area contributed by atoms with E-state index in [1.165, 1.54) is 0 Å². The summed E-state index contributed by atoms with van der Waals surface area (Å²) in [5.41, 5.74) is 0.628. The largest absolute Gasteiger partial charge is 0.338 e. The predicted octanol–water partition coefficient (Wildman–Crippen LogP) is 1.27. The summed E-state index contributed by atoms with van der Waals surface area (Å²) < 4.78 is 0.373. The van der Waals surface area contributed by atoms with Gasteiger partial charge in [0.05, 0.1) is 0 Å². The molecule has 5 heteroatoms. The van der Waals surface area contributed by atoms with Crippen LogP contribution in [0.2, 0.25) is 0 Å². The van der Waals surface area contributed by atoms with E-state index in [1.807, 2.05) is 0 Å². The number of nitrogens with one attached hydrogen (secondary N) is 2. The molecular weight excluding hydrogens is 198 g/mol. The van der Waals surface area contributed by atoms with Crippen LogP contribution in [-0.4, -0.2) is 28.0 Å². The zero-order valence-corrected chi connectivity index (χ0v) is 9.28. The molecular formula is C9H15N3OS. The SMILES string of the molecule is CCN(CC)Cc1c[nH]c(=S)[nH]c1=O. The van der Waals surface area contributed by atoms with Crippen LogP contribution in [0.3, 0.4) is 0 Å². The van der Waals surface area contributed by atoms with Gasteiger partial charge in [-0.2, -0.15) is 0 Å². The van der Waals surface area contributed by atoms with E-state index >= 15 is 0 Å². The highest BCUT2D eigenvalue weighted by Crippen LogP contribution is 1.96. The van der Waals surface area contributed by atoms with Crippen molar-refractivity contribution in [3.8, 4) is 0 Å². The molecule has 0 aliphatic heterocycles. The van der Waals surface area contributed by atoms with Crippen LogP contribution in [0.5, 0.6) is 0 Å². The van der Waals surface area contributed by atoms with Gasteiger partial charge < -0.3 is 4.98 Å². The van der Waals surface area contributed by atoms with Crippen LogP contribution in [-0.2, 0) is 6.54 Å². The van der Waals surface area contributed by atoms with Crippen molar-refractivity contribution < 1.29 is 0 Å². The molecule has 1 heterocycles. The Morgan fingerprint density at radius 3 is 2.57 bits per heavy atom. The number of aromatic nitrogens is 2. The average molecular weight is 213 g/mol. The van der Waals surface area contributed by atoms with Crippen LogP contribution in [0.1, 0.15) is 19.4 Å². The monoisotopic (exact) mass is 213 g/mol. The normalized spacial score (nSPS) is 10.8. The summed E-state index contributed by atoms with van der Waals surface area (Å²) in [6.07, 6.45) is 1.68. The third-order valence-corrected chi connectivity index (χ3v) is 2.40. The van der Waals surface area contributed by atoms with Gasteiger partial charge in [0.2, 0.25) is 0 Å². The average Bonchev–Trinajstić information content (AvgIpc) is 2.17. The van der Waals surface area contributed by atoms with Crippen molar-refractivity contribution in [2.45, 2.75) is 20.4 Å². The van der Waals surface area contributed by atoms with Gasteiger partial charge in [-0.05, 0) is 25.3 Å². The first-order valence-corrected chi connectivity index (χ1v) is 5.11. The van der Waals surface area contributed by atoms with Crippen LogP contribution in [0.15, 0.2) is 11.0 Å². The first-order valence-electron chi connectivity index (χ1n) is 4.70. The Hall–Kier alpha value is -0.940. The minimum Gasteiger partial charge on any atom is -0.338 e. The highest BCUT2D eigenvalue weighted by molar-refractivity contribution is 7.71. The molecule has 0 aliphatic rings.